The van der Waals surface area contributed by atoms with Gasteiger partial charge in [0, 0.05) is 34.6 Å². The van der Waals surface area contributed by atoms with E-state index in [1.165, 1.54) is 9.13 Å². The average molecular weight is 313 g/mol. The third-order valence-electron chi connectivity index (χ3n) is 2.08. The van der Waals surface area contributed by atoms with Gasteiger partial charge >= 0.3 is 0 Å². The van der Waals surface area contributed by atoms with Gasteiger partial charge in [0.25, 0.3) is 0 Å². The van der Waals surface area contributed by atoms with Gasteiger partial charge in [0.15, 0.2) is 0 Å². The third-order valence-corrected chi connectivity index (χ3v) is 2.75. The lowest BCUT2D eigenvalue weighted by molar-refractivity contribution is 0.767. The Bertz CT molecular complexity index is 451. The zero-order valence-corrected chi connectivity index (χ0v) is 10.6. The maximum Gasteiger partial charge on any atom is 0.0539 e. The van der Waals surface area contributed by atoms with Crippen LogP contribution in [0.25, 0.3) is 0 Å². The Balaban J connectivity index is 1.99. The molecule has 2 aromatic rings. The quantitative estimate of drug-likeness (QED) is 0.883. The fraction of sp³-hybridized carbons (Fsp3) is 0.182. The molecular weight excluding hydrogens is 301 g/mol. The van der Waals surface area contributed by atoms with Crippen LogP contribution < -0.4 is 5.32 Å². The molecule has 0 atom stereocenters. The second-order valence-corrected chi connectivity index (χ2v) is 4.63. The van der Waals surface area contributed by atoms with E-state index in [0.717, 1.165) is 12.2 Å². The molecule has 0 fully saturated rings. The standard InChI is InChI=1S/C11H12IN3/c1-15-8-9(7-14-15)6-13-11-4-2-3-10(12)5-11/h2-5,7-8,13H,6H2,1H3. The topological polar surface area (TPSA) is 29.9 Å². The first-order valence-corrected chi connectivity index (χ1v) is 5.79. The van der Waals surface area contributed by atoms with Crippen LogP contribution in [0.1, 0.15) is 5.56 Å². The average Bonchev–Trinajstić information content (AvgIpc) is 2.62. The minimum Gasteiger partial charge on any atom is -0.381 e. The predicted molar refractivity (Wildman–Crippen MR) is 69.7 cm³/mol. The van der Waals surface area contributed by atoms with Crippen molar-refractivity contribution in [2.24, 2.45) is 7.05 Å². The Morgan fingerprint density at radius 1 is 1.47 bits per heavy atom. The fourth-order valence-electron chi connectivity index (χ4n) is 1.37. The smallest absolute Gasteiger partial charge is 0.0539 e. The molecule has 0 unspecified atom stereocenters. The fourth-order valence-corrected chi connectivity index (χ4v) is 1.91. The van der Waals surface area contributed by atoms with Crippen molar-refractivity contribution in [3.63, 3.8) is 0 Å². The Kier molecular flexibility index (Phi) is 3.25. The maximum absolute atomic E-state index is 4.12. The van der Waals surface area contributed by atoms with E-state index < -0.39 is 0 Å². The van der Waals surface area contributed by atoms with Crippen molar-refractivity contribution >= 4 is 28.3 Å². The molecule has 15 heavy (non-hydrogen) atoms. The lowest BCUT2D eigenvalue weighted by Gasteiger charge is -2.04. The second-order valence-electron chi connectivity index (χ2n) is 3.39. The second kappa shape index (κ2) is 4.65. The zero-order valence-electron chi connectivity index (χ0n) is 8.44. The molecule has 0 radical (unpaired) electrons. The molecule has 0 saturated carbocycles. The number of hydrogen-bond acceptors (Lipinski definition) is 2. The van der Waals surface area contributed by atoms with Crippen LogP contribution in [0.15, 0.2) is 36.7 Å². The van der Waals surface area contributed by atoms with E-state index >= 15 is 0 Å². The highest BCUT2D eigenvalue weighted by Gasteiger charge is 1.96. The summed E-state index contributed by atoms with van der Waals surface area (Å²) in [6.45, 7) is 0.813. The number of halogens is 1. The summed E-state index contributed by atoms with van der Waals surface area (Å²) in [5.74, 6) is 0. The molecule has 0 saturated heterocycles. The van der Waals surface area contributed by atoms with E-state index in [9.17, 15) is 0 Å². The Labute approximate surface area is 103 Å². The van der Waals surface area contributed by atoms with Crippen molar-refractivity contribution in [3.05, 3.63) is 45.8 Å². The van der Waals surface area contributed by atoms with Gasteiger partial charge in [-0.05, 0) is 40.8 Å². The van der Waals surface area contributed by atoms with Crippen molar-refractivity contribution in [3.8, 4) is 0 Å². The van der Waals surface area contributed by atoms with E-state index in [4.69, 9.17) is 0 Å². The van der Waals surface area contributed by atoms with Gasteiger partial charge in [0.1, 0.15) is 0 Å². The monoisotopic (exact) mass is 313 g/mol. The molecule has 78 valence electrons. The van der Waals surface area contributed by atoms with Gasteiger partial charge in [0.2, 0.25) is 0 Å². The molecule has 1 aromatic carbocycles. The lowest BCUT2D eigenvalue weighted by atomic mass is 10.3. The molecule has 3 nitrogen and oxygen atoms in total. The highest BCUT2D eigenvalue weighted by atomic mass is 127. The molecule has 0 aliphatic rings. The van der Waals surface area contributed by atoms with Gasteiger partial charge in [-0.15, -0.1) is 0 Å². The summed E-state index contributed by atoms with van der Waals surface area (Å²) in [5.41, 5.74) is 2.34. The number of hydrogen-bond donors (Lipinski definition) is 1. The van der Waals surface area contributed by atoms with Gasteiger partial charge in [0.05, 0.1) is 6.20 Å². The maximum atomic E-state index is 4.12. The Hall–Kier alpha value is -1.04. The van der Waals surface area contributed by atoms with E-state index in [1.54, 1.807) is 0 Å². The number of aryl methyl sites for hydroxylation is 1. The summed E-state index contributed by atoms with van der Waals surface area (Å²) in [5, 5.41) is 7.48. The SMILES string of the molecule is Cn1cc(CNc2cccc(I)c2)cn1. The highest BCUT2D eigenvalue weighted by Crippen LogP contribution is 2.13. The van der Waals surface area contributed by atoms with E-state index in [-0.39, 0.29) is 0 Å². The van der Waals surface area contributed by atoms with Gasteiger partial charge in [-0.25, -0.2) is 0 Å². The predicted octanol–water partition coefficient (Wildman–Crippen LogP) is 2.64. The number of nitrogens with zero attached hydrogens (tertiary/aromatic N) is 2. The molecule has 0 bridgehead atoms. The van der Waals surface area contributed by atoms with Crippen LogP contribution in [0.5, 0.6) is 0 Å². The first kappa shape index (κ1) is 10.5. The molecule has 1 aromatic heterocycles. The van der Waals surface area contributed by atoms with Crippen molar-refractivity contribution in [2.75, 3.05) is 5.32 Å². The van der Waals surface area contributed by atoms with Crippen LogP contribution in [-0.4, -0.2) is 9.78 Å². The zero-order chi connectivity index (χ0) is 10.7. The molecule has 0 spiro atoms. The highest BCUT2D eigenvalue weighted by molar-refractivity contribution is 14.1. The van der Waals surface area contributed by atoms with Crippen molar-refractivity contribution in [1.82, 2.24) is 9.78 Å². The summed E-state index contributed by atoms with van der Waals surface area (Å²) in [4.78, 5) is 0. The first-order chi connectivity index (χ1) is 7.24. The number of nitrogens with one attached hydrogen (secondary N) is 1. The summed E-state index contributed by atoms with van der Waals surface area (Å²) < 4.78 is 3.05. The van der Waals surface area contributed by atoms with Crippen molar-refractivity contribution < 1.29 is 0 Å². The molecule has 0 amide bonds. The van der Waals surface area contributed by atoms with E-state index in [2.05, 4.69) is 51.2 Å². The van der Waals surface area contributed by atoms with Gasteiger partial charge in [-0.1, -0.05) is 6.07 Å². The number of benzene rings is 1. The van der Waals surface area contributed by atoms with Crippen LogP contribution in [0.3, 0.4) is 0 Å². The molecule has 1 N–H and O–H groups in total. The van der Waals surface area contributed by atoms with E-state index in [0.29, 0.717) is 0 Å². The van der Waals surface area contributed by atoms with Crippen LogP contribution in [0, 0.1) is 3.57 Å². The Morgan fingerprint density at radius 3 is 3.00 bits per heavy atom. The number of aromatic nitrogens is 2. The van der Waals surface area contributed by atoms with Crippen molar-refractivity contribution in [2.45, 2.75) is 6.54 Å². The van der Waals surface area contributed by atoms with Gasteiger partial charge in [-0.3, -0.25) is 4.68 Å². The minimum atomic E-state index is 0.813. The molecule has 2 rings (SSSR count). The summed E-state index contributed by atoms with van der Waals surface area (Å²) in [6.07, 6.45) is 3.89. The molecule has 4 heteroatoms. The largest absolute Gasteiger partial charge is 0.381 e. The third kappa shape index (κ3) is 2.95. The lowest BCUT2D eigenvalue weighted by Crippen LogP contribution is -1.98. The summed E-state index contributed by atoms with van der Waals surface area (Å²) >= 11 is 2.31. The first-order valence-electron chi connectivity index (χ1n) is 4.71. The molecule has 0 aliphatic carbocycles. The van der Waals surface area contributed by atoms with Crippen LogP contribution in [-0.2, 0) is 13.6 Å². The van der Waals surface area contributed by atoms with Crippen LogP contribution in [0.4, 0.5) is 5.69 Å². The van der Waals surface area contributed by atoms with E-state index in [1.807, 2.05) is 30.2 Å². The molecule has 1 heterocycles. The molecular formula is C11H12IN3. The number of rotatable bonds is 3. The van der Waals surface area contributed by atoms with Gasteiger partial charge < -0.3 is 5.32 Å². The molecule has 0 aliphatic heterocycles. The van der Waals surface area contributed by atoms with Gasteiger partial charge in [-0.2, -0.15) is 5.10 Å². The Morgan fingerprint density at radius 2 is 2.33 bits per heavy atom. The van der Waals surface area contributed by atoms with Crippen molar-refractivity contribution in [1.29, 1.82) is 0 Å². The normalized spacial score (nSPS) is 10.3. The summed E-state index contributed by atoms with van der Waals surface area (Å²) in [6, 6.07) is 8.32. The van der Waals surface area contributed by atoms with Crippen LogP contribution in [0.2, 0.25) is 0 Å². The van der Waals surface area contributed by atoms with Crippen LogP contribution >= 0.6 is 22.6 Å². The summed E-state index contributed by atoms with van der Waals surface area (Å²) in [7, 11) is 1.93. The minimum absolute atomic E-state index is 0.813. The number of anilines is 1.